The molecule has 0 aliphatic heterocycles. The van der Waals surface area contributed by atoms with E-state index in [9.17, 15) is 4.79 Å². The topological polar surface area (TPSA) is 50.2 Å². The van der Waals surface area contributed by atoms with E-state index in [0.29, 0.717) is 10.6 Å². The van der Waals surface area contributed by atoms with E-state index >= 15 is 0 Å². The van der Waals surface area contributed by atoms with Gasteiger partial charge in [0.25, 0.3) is 0 Å². The summed E-state index contributed by atoms with van der Waals surface area (Å²) in [5.74, 6) is -0.896. The van der Waals surface area contributed by atoms with Crippen molar-refractivity contribution in [3.05, 3.63) is 16.1 Å². The molecule has 0 amide bonds. The molecule has 0 aliphatic rings. The largest absolute Gasteiger partial charge is 0.477 e. The number of carboxylic acids is 1. The monoisotopic (exact) mass is 170 g/mol. The maximum Gasteiger partial charge on any atom is 0.347 e. The molecule has 0 saturated carbocycles. The van der Waals surface area contributed by atoms with Gasteiger partial charge in [0.2, 0.25) is 0 Å². The van der Waals surface area contributed by atoms with E-state index in [1.54, 1.807) is 0 Å². The molecule has 0 fully saturated rings. The molecule has 0 aliphatic carbocycles. The third kappa shape index (κ3) is 1.77. The Labute approximate surface area is 68.7 Å². The summed E-state index contributed by atoms with van der Waals surface area (Å²) in [5, 5.41) is 8.63. The van der Waals surface area contributed by atoms with Gasteiger partial charge in [0, 0.05) is 0 Å². The standard InChI is InChI=1S/C7H8NO2S/c1-2-3-5-6(7(9)10)11-4-8-5/h2-3H2,1H3,(H,9,10). The zero-order valence-corrected chi connectivity index (χ0v) is 6.94. The van der Waals surface area contributed by atoms with E-state index in [0.717, 1.165) is 24.2 Å². The summed E-state index contributed by atoms with van der Waals surface area (Å²) in [5.41, 5.74) is 3.23. The minimum Gasteiger partial charge on any atom is -0.477 e. The van der Waals surface area contributed by atoms with Crippen LogP contribution in [0.25, 0.3) is 0 Å². The molecular formula is C7H8NO2S. The molecule has 59 valence electrons. The fourth-order valence-corrected chi connectivity index (χ4v) is 1.41. The van der Waals surface area contributed by atoms with E-state index in [1.807, 2.05) is 6.92 Å². The van der Waals surface area contributed by atoms with Crippen LogP contribution >= 0.6 is 11.3 Å². The molecule has 0 spiro atoms. The first kappa shape index (κ1) is 8.20. The Kier molecular flexibility index (Phi) is 2.59. The highest BCUT2D eigenvalue weighted by Crippen LogP contribution is 2.13. The fraction of sp³-hybridized carbons (Fsp3) is 0.429. The highest BCUT2D eigenvalue weighted by molar-refractivity contribution is 7.11. The van der Waals surface area contributed by atoms with Gasteiger partial charge >= 0.3 is 5.97 Å². The Morgan fingerprint density at radius 3 is 3.09 bits per heavy atom. The van der Waals surface area contributed by atoms with Crippen LogP contribution < -0.4 is 0 Å². The maximum absolute atomic E-state index is 10.5. The molecule has 1 aromatic rings. The Morgan fingerprint density at radius 2 is 2.55 bits per heavy atom. The summed E-state index contributed by atoms with van der Waals surface area (Å²) in [4.78, 5) is 14.7. The Bertz CT molecular complexity index is 257. The zero-order valence-electron chi connectivity index (χ0n) is 6.13. The molecule has 0 atom stereocenters. The third-order valence-electron chi connectivity index (χ3n) is 1.27. The van der Waals surface area contributed by atoms with Crippen LogP contribution in [0.5, 0.6) is 0 Å². The van der Waals surface area contributed by atoms with Crippen LogP contribution in [-0.4, -0.2) is 16.1 Å². The van der Waals surface area contributed by atoms with Crippen molar-refractivity contribution in [3.8, 4) is 0 Å². The molecule has 4 heteroatoms. The summed E-state index contributed by atoms with van der Waals surface area (Å²) >= 11 is 1.06. The molecular weight excluding hydrogens is 162 g/mol. The lowest BCUT2D eigenvalue weighted by atomic mass is 10.2. The third-order valence-corrected chi connectivity index (χ3v) is 2.07. The summed E-state index contributed by atoms with van der Waals surface area (Å²) in [6.07, 6.45) is 1.64. The predicted octanol–water partition coefficient (Wildman–Crippen LogP) is 1.59. The number of hydrogen-bond donors (Lipinski definition) is 1. The van der Waals surface area contributed by atoms with E-state index in [1.165, 1.54) is 0 Å². The molecule has 1 rings (SSSR count). The van der Waals surface area contributed by atoms with Gasteiger partial charge in [-0.15, -0.1) is 11.3 Å². The average Bonchev–Trinajstić information content (AvgIpc) is 2.36. The average molecular weight is 170 g/mol. The van der Waals surface area contributed by atoms with Crippen molar-refractivity contribution in [2.24, 2.45) is 0 Å². The lowest BCUT2D eigenvalue weighted by molar-refractivity contribution is 0.0701. The lowest BCUT2D eigenvalue weighted by Crippen LogP contribution is -1.98. The Balaban J connectivity index is 2.87. The number of hydrogen-bond acceptors (Lipinski definition) is 3. The number of carbonyl (C=O) groups is 1. The van der Waals surface area contributed by atoms with E-state index in [2.05, 4.69) is 10.5 Å². The van der Waals surface area contributed by atoms with Crippen LogP contribution in [0.2, 0.25) is 0 Å². The molecule has 1 aromatic heterocycles. The normalized spacial score (nSPS) is 9.91. The number of aromatic nitrogens is 1. The van der Waals surface area contributed by atoms with Gasteiger partial charge in [0.15, 0.2) is 5.51 Å². The molecule has 0 bridgehead atoms. The first-order valence-electron chi connectivity index (χ1n) is 3.34. The second-order valence-corrected chi connectivity index (χ2v) is 2.93. The molecule has 1 radical (unpaired) electrons. The molecule has 0 saturated heterocycles. The van der Waals surface area contributed by atoms with Crippen molar-refractivity contribution in [1.82, 2.24) is 4.98 Å². The van der Waals surface area contributed by atoms with Crippen LogP contribution in [-0.2, 0) is 6.42 Å². The van der Waals surface area contributed by atoms with Crippen LogP contribution in [0.1, 0.15) is 28.7 Å². The lowest BCUT2D eigenvalue weighted by Gasteiger charge is -1.92. The smallest absolute Gasteiger partial charge is 0.347 e. The van der Waals surface area contributed by atoms with Crippen LogP contribution in [0.4, 0.5) is 0 Å². The first-order valence-corrected chi connectivity index (χ1v) is 4.16. The van der Waals surface area contributed by atoms with Crippen LogP contribution in [0, 0.1) is 5.51 Å². The van der Waals surface area contributed by atoms with Crippen molar-refractivity contribution < 1.29 is 9.90 Å². The van der Waals surface area contributed by atoms with Gasteiger partial charge < -0.3 is 5.11 Å². The number of carboxylic acid groups (broad SMARTS) is 1. The quantitative estimate of drug-likeness (QED) is 0.749. The van der Waals surface area contributed by atoms with Gasteiger partial charge in [0.05, 0.1) is 5.69 Å². The molecule has 0 aromatic carbocycles. The molecule has 0 unspecified atom stereocenters. The SMILES string of the molecule is CCCc1n[c]sc1C(=O)O. The van der Waals surface area contributed by atoms with Gasteiger partial charge in [-0.3, -0.25) is 0 Å². The second kappa shape index (κ2) is 3.48. The summed E-state index contributed by atoms with van der Waals surface area (Å²) in [6.45, 7) is 1.99. The highest BCUT2D eigenvalue weighted by atomic mass is 32.1. The van der Waals surface area contributed by atoms with Crippen molar-refractivity contribution in [2.75, 3.05) is 0 Å². The zero-order chi connectivity index (χ0) is 8.27. The van der Waals surface area contributed by atoms with Crippen molar-refractivity contribution in [1.29, 1.82) is 0 Å². The Morgan fingerprint density at radius 1 is 1.82 bits per heavy atom. The predicted molar refractivity (Wildman–Crippen MR) is 41.9 cm³/mol. The molecule has 11 heavy (non-hydrogen) atoms. The van der Waals surface area contributed by atoms with E-state index in [4.69, 9.17) is 5.11 Å². The molecule has 1 N–H and O–H groups in total. The molecule has 1 heterocycles. The van der Waals surface area contributed by atoms with Crippen LogP contribution in [0.15, 0.2) is 0 Å². The minimum absolute atomic E-state index is 0.326. The number of thiazole rings is 1. The highest BCUT2D eigenvalue weighted by Gasteiger charge is 2.11. The summed E-state index contributed by atoms with van der Waals surface area (Å²) < 4.78 is 0. The van der Waals surface area contributed by atoms with Gasteiger partial charge in [-0.2, -0.15) is 0 Å². The summed E-state index contributed by atoms with van der Waals surface area (Å²) in [7, 11) is 0. The maximum atomic E-state index is 10.5. The minimum atomic E-state index is -0.896. The van der Waals surface area contributed by atoms with Crippen LogP contribution in [0.3, 0.4) is 0 Å². The number of rotatable bonds is 3. The number of aromatic carboxylic acids is 1. The van der Waals surface area contributed by atoms with Gasteiger partial charge in [0.1, 0.15) is 4.88 Å². The second-order valence-electron chi connectivity index (χ2n) is 2.14. The van der Waals surface area contributed by atoms with Crippen molar-refractivity contribution in [2.45, 2.75) is 19.8 Å². The number of aryl methyl sites for hydroxylation is 1. The van der Waals surface area contributed by atoms with E-state index < -0.39 is 5.97 Å². The fourth-order valence-electron chi connectivity index (χ4n) is 0.807. The molecule has 3 nitrogen and oxygen atoms in total. The summed E-state index contributed by atoms with van der Waals surface area (Å²) in [6, 6.07) is 0. The van der Waals surface area contributed by atoms with Gasteiger partial charge in [-0.1, -0.05) is 13.3 Å². The Hall–Kier alpha value is -0.900. The van der Waals surface area contributed by atoms with Crippen molar-refractivity contribution in [3.63, 3.8) is 0 Å². The van der Waals surface area contributed by atoms with Gasteiger partial charge in [-0.25, -0.2) is 9.78 Å². The first-order chi connectivity index (χ1) is 5.25. The van der Waals surface area contributed by atoms with Crippen molar-refractivity contribution >= 4 is 17.3 Å². The van der Waals surface area contributed by atoms with E-state index in [-0.39, 0.29) is 0 Å². The number of nitrogens with zero attached hydrogens (tertiary/aromatic N) is 1. The van der Waals surface area contributed by atoms with Gasteiger partial charge in [-0.05, 0) is 6.42 Å².